The topological polar surface area (TPSA) is 110 Å². The van der Waals surface area contributed by atoms with Crippen LogP contribution < -0.4 is 5.32 Å². The summed E-state index contributed by atoms with van der Waals surface area (Å²) in [7, 11) is 0. The van der Waals surface area contributed by atoms with Gasteiger partial charge in [0.05, 0.1) is 18.8 Å². The van der Waals surface area contributed by atoms with Gasteiger partial charge < -0.3 is 25.7 Å². The second kappa shape index (κ2) is 37.8. The molecular weight excluding hydrogens is 610 g/mol. The highest BCUT2D eigenvalue weighted by atomic mass is 16.3. The van der Waals surface area contributed by atoms with E-state index in [0.29, 0.717) is 19.3 Å². The van der Waals surface area contributed by atoms with Crippen LogP contribution >= 0.6 is 0 Å². The SMILES string of the molecule is CCCCCCCCC/C=C\CCCCCCC(O)C(=O)NC(CO)C(O)C(O)CCC/C=C/CC/C=C/CCCCCCCCCCC. The van der Waals surface area contributed by atoms with Gasteiger partial charge in [-0.15, -0.1) is 0 Å². The number of rotatable bonds is 37. The molecule has 6 heteroatoms. The Labute approximate surface area is 303 Å². The Kier molecular flexibility index (Phi) is 36.6. The van der Waals surface area contributed by atoms with Crippen molar-refractivity contribution >= 4 is 5.91 Å². The van der Waals surface area contributed by atoms with Crippen LogP contribution in [-0.2, 0) is 4.79 Å². The predicted octanol–water partition coefficient (Wildman–Crippen LogP) is 10.6. The van der Waals surface area contributed by atoms with Gasteiger partial charge in [-0.2, -0.15) is 0 Å². The van der Waals surface area contributed by atoms with Crippen molar-refractivity contribution in [3.05, 3.63) is 36.5 Å². The lowest BCUT2D eigenvalue weighted by Crippen LogP contribution is -2.53. The van der Waals surface area contributed by atoms with Gasteiger partial charge in [-0.05, 0) is 77.0 Å². The molecule has 0 fully saturated rings. The zero-order valence-corrected chi connectivity index (χ0v) is 32.2. The Morgan fingerprint density at radius 2 is 0.857 bits per heavy atom. The first kappa shape index (κ1) is 47.5. The van der Waals surface area contributed by atoms with E-state index >= 15 is 0 Å². The first-order valence-electron chi connectivity index (χ1n) is 20.9. The highest BCUT2D eigenvalue weighted by molar-refractivity contribution is 5.80. The first-order chi connectivity index (χ1) is 24.0. The maximum absolute atomic E-state index is 12.5. The highest BCUT2D eigenvalue weighted by Crippen LogP contribution is 2.14. The Balaban J connectivity index is 3.86. The van der Waals surface area contributed by atoms with Crippen molar-refractivity contribution in [1.82, 2.24) is 5.32 Å². The summed E-state index contributed by atoms with van der Waals surface area (Å²) in [5.41, 5.74) is 0. The summed E-state index contributed by atoms with van der Waals surface area (Å²) >= 11 is 0. The number of amides is 1. The van der Waals surface area contributed by atoms with Crippen LogP contribution in [-0.4, -0.2) is 57.3 Å². The van der Waals surface area contributed by atoms with Gasteiger partial charge in [-0.25, -0.2) is 0 Å². The molecule has 0 bridgehead atoms. The summed E-state index contributed by atoms with van der Waals surface area (Å²) in [5, 5.41) is 43.5. The van der Waals surface area contributed by atoms with Gasteiger partial charge in [0.2, 0.25) is 5.91 Å². The molecule has 0 aliphatic rings. The molecular formula is C43H81NO5. The van der Waals surface area contributed by atoms with E-state index in [-0.39, 0.29) is 0 Å². The Morgan fingerprint density at radius 3 is 1.29 bits per heavy atom. The van der Waals surface area contributed by atoms with E-state index in [4.69, 9.17) is 0 Å². The predicted molar refractivity (Wildman–Crippen MR) is 210 cm³/mol. The number of aliphatic hydroxyl groups is 4. The largest absolute Gasteiger partial charge is 0.394 e. The van der Waals surface area contributed by atoms with Crippen molar-refractivity contribution in [1.29, 1.82) is 0 Å². The van der Waals surface area contributed by atoms with Crippen molar-refractivity contribution in [2.24, 2.45) is 0 Å². The molecule has 4 unspecified atom stereocenters. The number of unbranched alkanes of at least 4 members (excludes halogenated alkanes) is 22. The second-order valence-corrected chi connectivity index (χ2v) is 14.3. The second-order valence-electron chi connectivity index (χ2n) is 14.3. The molecule has 5 N–H and O–H groups in total. The third-order valence-corrected chi connectivity index (χ3v) is 9.55. The minimum Gasteiger partial charge on any atom is -0.394 e. The molecule has 1 amide bonds. The molecule has 6 nitrogen and oxygen atoms in total. The summed E-state index contributed by atoms with van der Waals surface area (Å²) < 4.78 is 0. The summed E-state index contributed by atoms with van der Waals surface area (Å²) in [4.78, 5) is 12.5. The molecule has 4 atom stereocenters. The van der Waals surface area contributed by atoms with Crippen molar-refractivity contribution in [2.45, 2.75) is 224 Å². The average molecular weight is 692 g/mol. The Bertz CT molecular complexity index is 782. The number of carbonyl (C=O) groups is 1. The van der Waals surface area contributed by atoms with Crippen LogP contribution in [0.25, 0.3) is 0 Å². The molecule has 49 heavy (non-hydrogen) atoms. The lowest BCUT2D eigenvalue weighted by atomic mass is 10.00. The summed E-state index contributed by atoms with van der Waals surface area (Å²) in [6.45, 7) is 4.01. The van der Waals surface area contributed by atoms with E-state index in [1.807, 2.05) is 0 Å². The fourth-order valence-electron chi connectivity index (χ4n) is 6.18. The van der Waals surface area contributed by atoms with Gasteiger partial charge in [0, 0.05) is 0 Å². The standard InChI is InChI=1S/C43H81NO5/c1-3-5-7-9-11-13-15-17-19-20-21-23-24-26-28-30-32-34-36-40(46)42(48)39(38-45)44-43(49)41(47)37-35-33-31-29-27-25-22-18-16-14-12-10-8-6-4-2/h21-23,25,28,30,39-42,45-48H,3-20,24,26-27,29,31-38H2,1-2H3,(H,44,49)/b23-21+,25-22-,30-28+. The minimum absolute atomic E-state index is 0.345. The molecule has 0 radical (unpaired) electrons. The summed E-state index contributed by atoms with van der Waals surface area (Å²) in [6.07, 6.45) is 43.1. The Morgan fingerprint density at radius 1 is 0.490 bits per heavy atom. The Hall–Kier alpha value is -1.47. The summed E-state index contributed by atoms with van der Waals surface area (Å²) in [5.74, 6) is -0.608. The van der Waals surface area contributed by atoms with Crippen LogP contribution in [0.5, 0.6) is 0 Å². The van der Waals surface area contributed by atoms with E-state index in [1.54, 1.807) is 0 Å². The first-order valence-corrected chi connectivity index (χ1v) is 20.9. The van der Waals surface area contributed by atoms with Crippen molar-refractivity contribution in [3.8, 4) is 0 Å². The smallest absolute Gasteiger partial charge is 0.249 e. The molecule has 288 valence electrons. The van der Waals surface area contributed by atoms with Crippen LogP contribution in [0, 0.1) is 0 Å². The number of allylic oxidation sites excluding steroid dienone is 6. The van der Waals surface area contributed by atoms with Gasteiger partial charge in [0.1, 0.15) is 12.2 Å². The molecule has 0 aromatic heterocycles. The number of nitrogens with one attached hydrogen (secondary N) is 1. The normalized spacial score (nSPS) is 14.7. The molecule has 0 aromatic rings. The average Bonchev–Trinajstić information content (AvgIpc) is 3.11. The third-order valence-electron chi connectivity index (χ3n) is 9.55. The monoisotopic (exact) mass is 692 g/mol. The van der Waals surface area contributed by atoms with Gasteiger partial charge >= 0.3 is 0 Å². The summed E-state index contributed by atoms with van der Waals surface area (Å²) in [6, 6.07) is -1.01. The number of aliphatic hydroxyl groups excluding tert-OH is 4. The van der Waals surface area contributed by atoms with Gasteiger partial charge in [0.15, 0.2) is 0 Å². The third kappa shape index (κ3) is 32.2. The molecule has 0 heterocycles. The zero-order chi connectivity index (χ0) is 36.0. The maximum Gasteiger partial charge on any atom is 0.249 e. The highest BCUT2D eigenvalue weighted by Gasteiger charge is 2.28. The van der Waals surface area contributed by atoms with Gasteiger partial charge in [-0.1, -0.05) is 159 Å². The lowest BCUT2D eigenvalue weighted by molar-refractivity contribution is -0.132. The van der Waals surface area contributed by atoms with E-state index in [0.717, 1.165) is 51.4 Å². The fourth-order valence-corrected chi connectivity index (χ4v) is 6.18. The number of carbonyl (C=O) groups excluding carboxylic acids is 1. The van der Waals surface area contributed by atoms with Crippen molar-refractivity contribution in [3.63, 3.8) is 0 Å². The van der Waals surface area contributed by atoms with E-state index < -0.39 is 36.9 Å². The van der Waals surface area contributed by atoms with Gasteiger partial charge in [-0.3, -0.25) is 4.79 Å². The van der Waals surface area contributed by atoms with E-state index in [1.165, 1.54) is 116 Å². The molecule has 0 saturated heterocycles. The van der Waals surface area contributed by atoms with Gasteiger partial charge in [0.25, 0.3) is 0 Å². The molecule has 0 rings (SSSR count). The minimum atomic E-state index is -1.29. The zero-order valence-electron chi connectivity index (χ0n) is 32.2. The van der Waals surface area contributed by atoms with Crippen LogP contribution in [0.4, 0.5) is 0 Å². The fraction of sp³-hybridized carbons (Fsp3) is 0.837. The molecule has 0 aliphatic carbocycles. The van der Waals surface area contributed by atoms with Crippen LogP contribution in [0.15, 0.2) is 36.5 Å². The van der Waals surface area contributed by atoms with Crippen LogP contribution in [0.3, 0.4) is 0 Å². The van der Waals surface area contributed by atoms with Crippen LogP contribution in [0.2, 0.25) is 0 Å². The quantitative estimate of drug-likeness (QED) is 0.0329. The molecule has 0 aliphatic heterocycles. The van der Waals surface area contributed by atoms with E-state index in [9.17, 15) is 25.2 Å². The maximum atomic E-state index is 12.5. The number of hydrogen-bond acceptors (Lipinski definition) is 5. The number of hydrogen-bond donors (Lipinski definition) is 5. The lowest BCUT2D eigenvalue weighted by Gasteiger charge is -2.27. The van der Waals surface area contributed by atoms with Crippen molar-refractivity contribution < 1.29 is 25.2 Å². The van der Waals surface area contributed by atoms with Crippen molar-refractivity contribution in [2.75, 3.05) is 6.61 Å². The molecule has 0 saturated carbocycles. The molecule has 0 spiro atoms. The van der Waals surface area contributed by atoms with Crippen LogP contribution in [0.1, 0.15) is 200 Å². The van der Waals surface area contributed by atoms with E-state index in [2.05, 4.69) is 55.6 Å². The molecule has 0 aromatic carbocycles.